The predicted molar refractivity (Wildman–Crippen MR) is 270 cm³/mol. The van der Waals surface area contributed by atoms with E-state index in [4.69, 9.17) is 23.3 Å². The number of aliphatic hydroxyl groups is 1. The first-order chi connectivity index (χ1) is 32.2. The molecule has 0 aromatic carbocycles. The minimum Gasteiger partial charge on any atom is -0.462 e. The molecule has 2 N–H and O–H groups in total. The van der Waals surface area contributed by atoms with Crippen LogP contribution in [0.2, 0.25) is 0 Å². The van der Waals surface area contributed by atoms with E-state index in [1.165, 1.54) is 141 Å². The van der Waals surface area contributed by atoms with Crippen molar-refractivity contribution in [1.29, 1.82) is 0 Å². The summed E-state index contributed by atoms with van der Waals surface area (Å²) in [5, 5.41) is 9.77. The molecule has 0 aliphatic rings. The lowest BCUT2D eigenvalue weighted by Gasteiger charge is -2.21. The Morgan fingerprint density at radius 2 is 0.697 bits per heavy atom. The van der Waals surface area contributed by atoms with Crippen LogP contribution < -0.4 is 0 Å². The van der Waals surface area contributed by atoms with Gasteiger partial charge >= 0.3 is 25.7 Å². The third kappa shape index (κ3) is 47.3. The Bertz CT molecular complexity index is 1160. The molecule has 0 saturated carbocycles. The van der Waals surface area contributed by atoms with Crippen molar-refractivity contribution in [2.75, 3.05) is 26.4 Å². The second-order valence-corrected chi connectivity index (χ2v) is 20.2. The summed E-state index contributed by atoms with van der Waals surface area (Å²) in [6.07, 6.45) is 46.1. The number of phosphoric acid groups is 1. The van der Waals surface area contributed by atoms with E-state index in [0.717, 1.165) is 77.0 Å². The molecular weight excluding hydrogens is 856 g/mol. The first kappa shape index (κ1) is 64.2. The maximum atomic E-state index is 12.8. The number of esters is 3. The Morgan fingerprint density at radius 1 is 0.409 bits per heavy atom. The zero-order valence-electron chi connectivity index (χ0n) is 42.9. The highest BCUT2D eigenvalue weighted by Crippen LogP contribution is 2.43. The van der Waals surface area contributed by atoms with Crippen LogP contribution in [0.3, 0.4) is 0 Å². The summed E-state index contributed by atoms with van der Waals surface area (Å²) in [5.41, 5.74) is 0. The lowest BCUT2D eigenvalue weighted by atomic mass is 10.0. The van der Waals surface area contributed by atoms with Crippen molar-refractivity contribution in [2.24, 2.45) is 0 Å². The summed E-state index contributed by atoms with van der Waals surface area (Å²) in [5.74, 6) is -1.45. The zero-order chi connectivity index (χ0) is 48.4. The molecule has 0 bridgehead atoms. The van der Waals surface area contributed by atoms with Crippen molar-refractivity contribution in [3.05, 3.63) is 12.2 Å². The van der Waals surface area contributed by atoms with Crippen molar-refractivity contribution in [1.82, 2.24) is 0 Å². The van der Waals surface area contributed by atoms with Gasteiger partial charge in [-0.15, -0.1) is 0 Å². The number of unbranched alkanes of at least 4 members (excludes halogenated alkanes) is 33. The van der Waals surface area contributed by atoms with E-state index < -0.39 is 57.8 Å². The van der Waals surface area contributed by atoms with Gasteiger partial charge in [-0.25, -0.2) is 4.57 Å². The standard InChI is InChI=1S/C54H103O11P/c1-4-7-10-13-16-19-21-23-24-25-26-28-30-33-36-39-42-45-54(58)65-51(47-61-52(56)43-40-37-34-31-18-15-12-9-6-3)49-63-66(59,60)62-48-50(46-55)64-53(57)44-41-38-35-32-29-27-22-20-17-14-11-8-5-2/h20,22,50-51,55H,4-19,21,23-49H2,1-3H3,(H,59,60)/b22-20-. The van der Waals surface area contributed by atoms with E-state index in [0.29, 0.717) is 19.3 Å². The fraction of sp³-hybridized carbons (Fsp3) is 0.907. The highest BCUT2D eigenvalue weighted by Gasteiger charge is 2.28. The van der Waals surface area contributed by atoms with Gasteiger partial charge < -0.3 is 24.2 Å². The van der Waals surface area contributed by atoms with Crippen LogP contribution in [0, 0.1) is 0 Å². The summed E-state index contributed by atoms with van der Waals surface area (Å²) >= 11 is 0. The van der Waals surface area contributed by atoms with Gasteiger partial charge in [0.2, 0.25) is 0 Å². The molecule has 0 rings (SSSR count). The SMILES string of the molecule is CCCCCC/C=C\CCCCCCCC(=O)OC(CO)COP(=O)(O)OCC(COC(=O)CCCCCCCCCCC)OC(=O)CCCCCCCCCCCCCCCCCCC. The fourth-order valence-electron chi connectivity index (χ4n) is 7.94. The molecule has 3 atom stereocenters. The molecule has 0 saturated heterocycles. The van der Waals surface area contributed by atoms with Gasteiger partial charge in [0.15, 0.2) is 6.10 Å². The molecule has 0 fully saturated rings. The first-order valence-electron chi connectivity index (χ1n) is 27.6. The van der Waals surface area contributed by atoms with E-state index >= 15 is 0 Å². The maximum Gasteiger partial charge on any atom is 0.472 e. The Kier molecular flexibility index (Phi) is 48.3. The number of hydrogen-bond donors (Lipinski definition) is 2. The van der Waals surface area contributed by atoms with Crippen molar-refractivity contribution in [3.8, 4) is 0 Å². The third-order valence-electron chi connectivity index (χ3n) is 12.2. The van der Waals surface area contributed by atoms with Crippen molar-refractivity contribution in [3.63, 3.8) is 0 Å². The maximum absolute atomic E-state index is 12.8. The number of carbonyl (C=O) groups excluding carboxylic acids is 3. The van der Waals surface area contributed by atoms with Gasteiger partial charge in [0, 0.05) is 19.3 Å². The second kappa shape index (κ2) is 49.6. The zero-order valence-corrected chi connectivity index (χ0v) is 43.8. The van der Waals surface area contributed by atoms with E-state index in [9.17, 15) is 28.9 Å². The Balaban J connectivity index is 4.63. The quantitative estimate of drug-likeness (QED) is 0.0197. The normalized spacial score (nSPS) is 13.5. The fourth-order valence-corrected chi connectivity index (χ4v) is 8.72. The summed E-state index contributed by atoms with van der Waals surface area (Å²) in [4.78, 5) is 48.3. The van der Waals surface area contributed by atoms with Gasteiger partial charge in [-0.2, -0.15) is 0 Å². The van der Waals surface area contributed by atoms with Crippen LogP contribution in [0.15, 0.2) is 12.2 Å². The van der Waals surface area contributed by atoms with Gasteiger partial charge in [-0.05, 0) is 44.9 Å². The molecule has 0 aliphatic carbocycles. The number of carbonyl (C=O) groups is 3. The van der Waals surface area contributed by atoms with Crippen LogP contribution in [0.1, 0.15) is 278 Å². The van der Waals surface area contributed by atoms with E-state index in [-0.39, 0.29) is 25.9 Å². The number of hydrogen-bond acceptors (Lipinski definition) is 10. The summed E-state index contributed by atoms with van der Waals surface area (Å²) in [6.45, 7) is 4.64. The third-order valence-corrected chi connectivity index (χ3v) is 13.1. The molecule has 0 amide bonds. The van der Waals surface area contributed by atoms with Gasteiger partial charge in [0.25, 0.3) is 0 Å². The topological polar surface area (TPSA) is 155 Å². The Labute approximate surface area is 405 Å². The summed E-state index contributed by atoms with van der Waals surface area (Å²) < 4.78 is 39.4. The molecule has 0 aliphatic heterocycles. The van der Waals surface area contributed by atoms with Crippen molar-refractivity contribution in [2.45, 2.75) is 290 Å². The molecule has 390 valence electrons. The van der Waals surface area contributed by atoms with Crippen LogP contribution in [0.25, 0.3) is 0 Å². The lowest BCUT2D eigenvalue weighted by molar-refractivity contribution is -0.161. The average Bonchev–Trinajstić information content (AvgIpc) is 3.30. The highest BCUT2D eigenvalue weighted by molar-refractivity contribution is 7.47. The molecule has 3 unspecified atom stereocenters. The molecule has 11 nitrogen and oxygen atoms in total. The minimum atomic E-state index is -4.73. The average molecular weight is 959 g/mol. The van der Waals surface area contributed by atoms with Gasteiger partial charge in [-0.3, -0.25) is 23.4 Å². The lowest BCUT2D eigenvalue weighted by Crippen LogP contribution is -2.30. The first-order valence-corrected chi connectivity index (χ1v) is 29.1. The highest BCUT2D eigenvalue weighted by atomic mass is 31.2. The molecule has 0 radical (unpaired) electrons. The molecule has 66 heavy (non-hydrogen) atoms. The number of ether oxygens (including phenoxy) is 3. The van der Waals surface area contributed by atoms with Crippen LogP contribution in [-0.2, 0) is 42.2 Å². The largest absolute Gasteiger partial charge is 0.472 e. The number of aliphatic hydroxyl groups excluding tert-OH is 1. The number of phosphoric ester groups is 1. The molecule has 0 spiro atoms. The van der Waals surface area contributed by atoms with Crippen molar-refractivity contribution >= 4 is 25.7 Å². The molecule has 0 aromatic rings. The van der Waals surface area contributed by atoms with Crippen LogP contribution in [0.5, 0.6) is 0 Å². The predicted octanol–water partition coefficient (Wildman–Crippen LogP) is 15.7. The Hall–Kier alpha value is -1.78. The Morgan fingerprint density at radius 3 is 1.06 bits per heavy atom. The van der Waals surface area contributed by atoms with E-state index in [2.05, 4.69) is 32.9 Å². The summed E-state index contributed by atoms with van der Waals surface area (Å²) in [7, 11) is -4.73. The van der Waals surface area contributed by atoms with Gasteiger partial charge in [0.1, 0.15) is 12.7 Å². The van der Waals surface area contributed by atoms with Gasteiger partial charge in [0.05, 0.1) is 19.8 Å². The number of allylic oxidation sites excluding steroid dienone is 2. The number of rotatable bonds is 52. The van der Waals surface area contributed by atoms with Crippen LogP contribution >= 0.6 is 7.82 Å². The van der Waals surface area contributed by atoms with E-state index in [1.807, 2.05) is 0 Å². The monoisotopic (exact) mass is 959 g/mol. The molecule has 0 heterocycles. The summed E-state index contributed by atoms with van der Waals surface area (Å²) in [6, 6.07) is 0. The molecule has 12 heteroatoms. The van der Waals surface area contributed by atoms with Gasteiger partial charge in [-0.1, -0.05) is 226 Å². The van der Waals surface area contributed by atoms with Crippen LogP contribution in [-0.4, -0.2) is 66.5 Å². The molecule has 0 aromatic heterocycles. The molecular formula is C54H103O11P. The minimum absolute atomic E-state index is 0.172. The van der Waals surface area contributed by atoms with Crippen molar-refractivity contribution < 1.29 is 52.2 Å². The van der Waals surface area contributed by atoms with Crippen LogP contribution in [0.4, 0.5) is 0 Å². The van der Waals surface area contributed by atoms with E-state index in [1.54, 1.807) is 0 Å². The second-order valence-electron chi connectivity index (χ2n) is 18.8. The smallest absolute Gasteiger partial charge is 0.462 e.